The van der Waals surface area contributed by atoms with Crippen LogP contribution in [0.1, 0.15) is 54.4 Å². The molecule has 0 fully saturated rings. The van der Waals surface area contributed by atoms with E-state index in [-0.39, 0.29) is 39.3 Å². The van der Waals surface area contributed by atoms with Crippen molar-refractivity contribution in [3.05, 3.63) is 0 Å². The minimum atomic E-state index is -1.65. The van der Waals surface area contributed by atoms with Gasteiger partial charge in [-0.3, -0.25) is 19.2 Å². The summed E-state index contributed by atoms with van der Waals surface area (Å²) >= 11 is 0. The first kappa shape index (κ1) is 23.9. The zero-order chi connectivity index (χ0) is 20.4. The van der Waals surface area contributed by atoms with Crippen LogP contribution < -0.4 is 0 Å². The van der Waals surface area contributed by atoms with Crippen molar-refractivity contribution in [2.45, 2.75) is 54.4 Å². The lowest BCUT2D eigenvalue weighted by atomic mass is 9.76. The molecule has 0 N–H and O–H groups in total. The molecule has 150 valence electrons. The minimum absolute atomic E-state index is 0.0842. The van der Waals surface area contributed by atoms with Crippen LogP contribution in [0, 0.1) is 10.8 Å². The van der Waals surface area contributed by atoms with Gasteiger partial charge in [-0.05, 0) is 54.4 Å². The Morgan fingerprint density at radius 1 is 0.538 bits per heavy atom. The van der Waals surface area contributed by atoms with Crippen LogP contribution in [0.2, 0.25) is 0 Å². The van der Waals surface area contributed by atoms with E-state index in [4.69, 9.17) is 18.9 Å². The number of rotatable bonds is 11. The summed E-state index contributed by atoms with van der Waals surface area (Å²) in [5.74, 6) is -3.08. The first-order valence-electron chi connectivity index (χ1n) is 8.82. The fourth-order valence-corrected chi connectivity index (χ4v) is 2.24. The highest BCUT2D eigenvalue weighted by Gasteiger charge is 2.50. The van der Waals surface area contributed by atoms with Crippen molar-refractivity contribution in [1.82, 2.24) is 0 Å². The molecule has 0 saturated carbocycles. The molecule has 0 atom stereocenters. The number of hydrogen-bond acceptors (Lipinski definition) is 8. The molecule has 0 aliphatic rings. The fourth-order valence-electron chi connectivity index (χ4n) is 2.24. The molecule has 0 saturated heterocycles. The first-order chi connectivity index (χ1) is 12.1. The molecule has 8 heteroatoms. The predicted octanol–water partition coefficient (Wildman–Crippen LogP) is 2.03. The summed E-state index contributed by atoms with van der Waals surface area (Å²) in [6.07, 6.45) is -0.280. The average molecular weight is 374 g/mol. The van der Waals surface area contributed by atoms with Gasteiger partial charge in [-0.1, -0.05) is 0 Å². The Morgan fingerprint density at radius 3 is 0.885 bits per heavy atom. The minimum Gasteiger partial charge on any atom is -0.465 e. The third-order valence-electron chi connectivity index (χ3n) is 4.03. The maximum absolute atomic E-state index is 12.3. The topological polar surface area (TPSA) is 105 Å². The van der Waals surface area contributed by atoms with Crippen molar-refractivity contribution in [3.63, 3.8) is 0 Å². The monoisotopic (exact) mass is 374 g/mol. The Labute approximate surface area is 154 Å². The van der Waals surface area contributed by atoms with Crippen LogP contribution in [-0.2, 0) is 38.1 Å². The molecular formula is C18H30O8. The third-order valence-corrected chi connectivity index (χ3v) is 4.03. The van der Waals surface area contributed by atoms with E-state index in [1.807, 2.05) is 0 Å². The second-order valence-corrected chi connectivity index (χ2v) is 6.05. The van der Waals surface area contributed by atoms with Gasteiger partial charge in [-0.25, -0.2) is 0 Å². The van der Waals surface area contributed by atoms with Crippen LogP contribution in [0.4, 0.5) is 0 Å². The number of carbonyl (C=O) groups excluding carboxylic acids is 4. The van der Waals surface area contributed by atoms with Crippen LogP contribution in [0.15, 0.2) is 0 Å². The van der Waals surface area contributed by atoms with Gasteiger partial charge in [-0.15, -0.1) is 0 Å². The molecular weight excluding hydrogens is 344 g/mol. The largest absolute Gasteiger partial charge is 0.465 e. The molecule has 0 aromatic carbocycles. The second kappa shape index (κ2) is 10.8. The lowest BCUT2D eigenvalue weighted by molar-refractivity contribution is -0.178. The summed E-state index contributed by atoms with van der Waals surface area (Å²) in [5, 5.41) is 0. The van der Waals surface area contributed by atoms with E-state index in [9.17, 15) is 19.2 Å². The highest BCUT2D eigenvalue weighted by atomic mass is 16.6. The third kappa shape index (κ3) is 5.71. The zero-order valence-corrected chi connectivity index (χ0v) is 16.5. The molecule has 0 heterocycles. The van der Waals surface area contributed by atoms with E-state index in [1.54, 1.807) is 27.7 Å². The van der Waals surface area contributed by atoms with Gasteiger partial charge in [0.15, 0.2) is 10.8 Å². The molecule has 0 radical (unpaired) electrons. The lowest BCUT2D eigenvalue weighted by Gasteiger charge is -2.30. The van der Waals surface area contributed by atoms with Crippen LogP contribution >= 0.6 is 0 Å². The lowest BCUT2D eigenvalue weighted by Crippen LogP contribution is -2.44. The average Bonchev–Trinajstić information content (AvgIpc) is 2.59. The smallest absolute Gasteiger partial charge is 0.323 e. The van der Waals surface area contributed by atoms with E-state index in [0.29, 0.717) is 0 Å². The zero-order valence-electron chi connectivity index (χ0n) is 16.5. The maximum Gasteiger partial charge on any atom is 0.323 e. The fraction of sp³-hybridized carbons (Fsp3) is 0.778. The molecule has 0 aliphatic heterocycles. The van der Waals surface area contributed by atoms with E-state index in [1.165, 1.54) is 13.8 Å². The van der Waals surface area contributed by atoms with Crippen LogP contribution in [-0.4, -0.2) is 50.3 Å². The molecule has 8 nitrogen and oxygen atoms in total. The molecule has 0 aliphatic carbocycles. The molecule has 0 aromatic heterocycles. The quantitative estimate of drug-likeness (QED) is 0.307. The van der Waals surface area contributed by atoms with Gasteiger partial charge in [-0.2, -0.15) is 0 Å². The number of esters is 4. The molecule has 0 amide bonds. The summed E-state index contributed by atoms with van der Waals surface area (Å²) in [6, 6.07) is 0. The summed E-state index contributed by atoms with van der Waals surface area (Å²) in [6.45, 7) is 9.55. The molecule has 26 heavy (non-hydrogen) atoms. The number of ether oxygens (including phenoxy) is 4. The standard InChI is InChI=1S/C18H30O8/c1-7-23-13(19)17(5,14(20)24-8-2)11-12-18(6,15(21)25-9-3)16(22)26-10-4/h7-12H2,1-6H3. The molecule has 0 rings (SSSR count). The predicted molar refractivity (Wildman–Crippen MR) is 92.0 cm³/mol. The Morgan fingerprint density at radius 2 is 0.731 bits per heavy atom. The molecule has 0 unspecified atom stereocenters. The van der Waals surface area contributed by atoms with Gasteiger partial charge in [0.1, 0.15) is 0 Å². The van der Waals surface area contributed by atoms with Crippen LogP contribution in [0.5, 0.6) is 0 Å². The number of carbonyl (C=O) groups is 4. The molecule has 0 spiro atoms. The van der Waals surface area contributed by atoms with Crippen molar-refractivity contribution in [2.24, 2.45) is 10.8 Å². The Kier molecular flexibility index (Phi) is 9.90. The van der Waals surface area contributed by atoms with E-state index < -0.39 is 34.7 Å². The summed E-state index contributed by atoms with van der Waals surface area (Å²) < 4.78 is 19.9. The van der Waals surface area contributed by atoms with Crippen molar-refractivity contribution in [1.29, 1.82) is 0 Å². The normalized spacial score (nSPS) is 11.5. The van der Waals surface area contributed by atoms with Gasteiger partial charge in [0.05, 0.1) is 26.4 Å². The van der Waals surface area contributed by atoms with Crippen LogP contribution in [0.25, 0.3) is 0 Å². The van der Waals surface area contributed by atoms with Crippen molar-refractivity contribution in [2.75, 3.05) is 26.4 Å². The van der Waals surface area contributed by atoms with Gasteiger partial charge < -0.3 is 18.9 Å². The summed E-state index contributed by atoms with van der Waals surface area (Å²) in [7, 11) is 0. The summed E-state index contributed by atoms with van der Waals surface area (Å²) in [5.41, 5.74) is -3.29. The Bertz CT molecular complexity index is 429. The molecule has 0 bridgehead atoms. The van der Waals surface area contributed by atoms with Gasteiger partial charge >= 0.3 is 23.9 Å². The van der Waals surface area contributed by atoms with Crippen LogP contribution in [0.3, 0.4) is 0 Å². The van der Waals surface area contributed by atoms with Gasteiger partial charge in [0.2, 0.25) is 0 Å². The van der Waals surface area contributed by atoms with E-state index in [2.05, 4.69) is 0 Å². The molecule has 0 aromatic rings. The highest BCUT2D eigenvalue weighted by Crippen LogP contribution is 2.35. The van der Waals surface area contributed by atoms with Crippen molar-refractivity contribution >= 4 is 23.9 Å². The van der Waals surface area contributed by atoms with Gasteiger partial charge in [0.25, 0.3) is 0 Å². The SMILES string of the molecule is CCOC(=O)C(C)(CCC(C)(C(=O)OCC)C(=O)OCC)C(=O)OCC. The Balaban J connectivity index is 5.64. The van der Waals surface area contributed by atoms with Crippen molar-refractivity contribution < 1.29 is 38.1 Å². The first-order valence-corrected chi connectivity index (χ1v) is 8.82. The van der Waals surface area contributed by atoms with E-state index in [0.717, 1.165) is 0 Å². The Hall–Kier alpha value is -2.12. The number of hydrogen-bond donors (Lipinski definition) is 0. The second-order valence-electron chi connectivity index (χ2n) is 6.05. The highest BCUT2D eigenvalue weighted by molar-refractivity contribution is 6.01. The van der Waals surface area contributed by atoms with E-state index >= 15 is 0 Å². The summed E-state index contributed by atoms with van der Waals surface area (Å²) in [4.78, 5) is 49.3. The van der Waals surface area contributed by atoms with Crippen molar-refractivity contribution in [3.8, 4) is 0 Å². The maximum atomic E-state index is 12.3. The van der Waals surface area contributed by atoms with Gasteiger partial charge in [0, 0.05) is 0 Å².